The Labute approximate surface area is 239 Å². The van der Waals surface area contributed by atoms with Crippen LogP contribution in [0.25, 0.3) is 22.0 Å². The van der Waals surface area contributed by atoms with Crippen LogP contribution in [0.4, 0.5) is 11.6 Å². The average Bonchev–Trinajstić information content (AvgIpc) is 3.00. The van der Waals surface area contributed by atoms with Crippen LogP contribution in [-0.4, -0.2) is 43.4 Å². The van der Waals surface area contributed by atoms with Gasteiger partial charge in [-0.25, -0.2) is 9.97 Å². The molecule has 210 valence electrons. The number of hydrogen-bond acceptors (Lipinski definition) is 9. The molecule has 41 heavy (non-hydrogen) atoms. The number of nitrogens with two attached hydrogens (primary N) is 2. The Kier molecular flexibility index (Phi) is 7.78. The van der Waals surface area contributed by atoms with Crippen LogP contribution in [0.15, 0.2) is 61.1 Å². The van der Waals surface area contributed by atoms with Crippen molar-refractivity contribution in [2.24, 2.45) is 0 Å². The summed E-state index contributed by atoms with van der Waals surface area (Å²) in [5.74, 6) is 3.55. The van der Waals surface area contributed by atoms with E-state index in [0.717, 1.165) is 49.8 Å². The molecule has 0 saturated carbocycles. The Balaban J connectivity index is 1.82. The van der Waals surface area contributed by atoms with E-state index in [1.54, 1.807) is 40.8 Å². The van der Waals surface area contributed by atoms with Crippen molar-refractivity contribution in [2.45, 2.75) is 19.8 Å². The van der Waals surface area contributed by atoms with E-state index >= 15 is 0 Å². The predicted octanol–water partition coefficient (Wildman–Crippen LogP) is 5.38. The number of nitrogen functional groups attached to an aromatic ring is 2. The van der Waals surface area contributed by atoms with Gasteiger partial charge < -0.3 is 30.4 Å². The van der Waals surface area contributed by atoms with Gasteiger partial charge in [0.25, 0.3) is 0 Å². The molecule has 5 aromatic rings. The number of methoxy groups -OCH3 is 4. The summed E-state index contributed by atoms with van der Waals surface area (Å²) in [5, 5.41) is 1.61. The molecule has 0 aliphatic carbocycles. The summed E-state index contributed by atoms with van der Waals surface area (Å²) >= 11 is 0. The highest BCUT2D eigenvalue weighted by Gasteiger charge is 2.23. The van der Waals surface area contributed by atoms with Gasteiger partial charge in [0.05, 0.1) is 34.1 Å². The highest BCUT2D eigenvalue weighted by atomic mass is 16.5. The summed E-state index contributed by atoms with van der Waals surface area (Å²) in [7, 11) is 6.53. The lowest BCUT2D eigenvalue weighted by molar-refractivity contribution is 0.391. The maximum atomic E-state index is 6.62. The Morgan fingerprint density at radius 3 is 1.88 bits per heavy atom. The molecule has 3 heterocycles. The van der Waals surface area contributed by atoms with E-state index in [2.05, 4.69) is 9.97 Å². The first-order chi connectivity index (χ1) is 19.9. The van der Waals surface area contributed by atoms with Crippen LogP contribution in [0.5, 0.6) is 23.0 Å². The quantitative estimate of drug-likeness (QED) is 0.248. The minimum atomic E-state index is 0.360. The van der Waals surface area contributed by atoms with Crippen molar-refractivity contribution in [2.75, 3.05) is 39.9 Å². The topological polar surface area (TPSA) is 128 Å². The summed E-state index contributed by atoms with van der Waals surface area (Å²) in [6.07, 6.45) is 6.20. The molecule has 0 saturated heterocycles. The number of benzene rings is 2. The van der Waals surface area contributed by atoms with Gasteiger partial charge in [-0.1, -0.05) is 12.1 Å². The van der Waals surface area contributed by atoms with Crippen LogP contribution < -0.4 is 30.4 Å². The van der Waals surface area contributed by atoms with Crippen LogP contribution in [0.1, 0.15) is 27.8 Å². The first kappa shape index (κ1) is 27.5. The molecule has 0 amide bonds. The molecule has 2 aromatic carbocycles. The zero-order valence-electron chi connectivity index (χ0n) is 23.8. The minimum absolute atomic E-state index is 0.360. The molecule has 0 aliphatic rings. The van der Waals surface area contributed by atoms with Gasteiger partial charge in [0, 0.05) is 60.1 Å². The van der Waals surface area contributed by atoms with Gasteiger partial charge in [0.2, 0.25) is 0 Å². The van der Waals surface area contributed by atoms with E-state index in [9.17, 15) is 0 Å². The second-order valence-electron chi connectivity index (χ2n) is 9.63. The van der Waals surface area contributed by atoms with Gasteiger partial charge in [0.15, 0.2) is 0 Å². The number of anilines is 2. The zero-order chi connectivity index (χ0) is 29.1. The molecule has 4 N–H and O–H groups in total. The van der Waals surface area contributed by atoms with Gasteiger partial charge in [-0.3, -0.25) is 4.98 Å². The fourth-order valence-electron chi connectivity index (χ4n) is 5.14. The molecule has 9 heteroatoms. The van der Waals surface area contributed by atoms with Crippen molar-refractivity contribution < 1.29 is 18.9 Å². The highest BCUT2D eigenvalue weighted by Crippen LogP contribution is 2.40. The van der Waals surface area contributed by atoms with E-state index in [0.29, 0.717) is 47.5 Å². The Bertz CT molecular complexity index is 1740. The molecule has 0 radical (unpaired) electrons. The van der Waals surface area contributed by atoms with E-state index in [-0.39, 0.29) is 0 Å². The van der Waals surface area contributed by atoms with Crippen LogP contribution in [0, 0.1) is 6.92 Å². The first-order valence-corrected chi connectivity index (χ1v) is 13.1. The van der Waals surface area contributed by atoms with Crippen molar-refractivity contribution in [3.05, 3.63) is 88.9 Å². The third-order valence-corrected chi connectivity index (χ3v) is 7.33. The van der Waals surface area contributed by atoms with Gasteiger partial charge >= 0.3 is 0 Å². The monoisotopic (exact) mass is 551 g/mol. The second-order valence-corrected chi connectivity index (χ2v) is 9.63. The average molecular weight is 552 g/mol. The number of nitrogens with zero attached hydrogens (tertiary/aromatic N) is 3. The number of rotatable bonds is 9. The smallest absolute Gasteiger partial charge is 0.133 e. The Morgan fingerprint density at radius 1 is 0.707 bits per heavy atom. The molecular formula is C32H33N5O4. The Morgan fingerprint density at radius 2 is 1.32 bits per heavy atom. The highest BCUT2D eigenvalue weighted by molar-refractivity contribution is 6.01. The predicted molar refractivity (Wildman–Crippen MR) is 161 cm³/mol. The van der Waals surface area contributed by atoms with Gasteiger partial charge in [-0.2, -0.15) is 0 Å². The summed E-state index contributed by atoms with van der Waals surface area (Å²) < 4.78 is 22.3. The van der Waals surface area contributed by atoms with Crippen molar-refractivity contribution >= 4 is 22.4 Å². The van der Waals surface area contributed by atoms with E-state index in [1.807, 2.05) is 55.6 Å². The number of hydrogen-bond donors (Lipinski definition) is 2. The fourth-order valence-corrected chi connectivity index (χ4v) is 5.14. The lowest BCUT2D eigenvalue weighted by atomic mass is 9.89. The largest absolute Gasteiger partial charge is 0.497 e. The molecule has 5 rings (SSSR count). The molecule has 0 aliphatic heterocycles. The van der Waals surface area contributed by atoms with Gasteiger partial charge in [0.1, 0.15) is 34.6 Å². The number of aryl methyl sites for hydroxylation is 1. The molecule has 0 bridgehead atoms. The number of ether oxygens (including phenoxy) is 4. The van der Waals surface area contributed by atoms with E-state index in [4.69, 9.17) is 35.4 Å². The Hall–Kier alpha value is -5.05. The third kappa shape index (κ3) is 5.26. The lowest BCUT2D eigenvalue weighted by Gasteiger charge is -2.20. The van der Waals surface area contributed by atoms with Gasteiger partial charge in [-0.15, -0.1) is 0 Å². The molecule has 0 atom stereocenters. The SMILES string of the molecule is COc1ccc(Cc2c(N)ncc3c(N)nc(-c4cnccc4C)c(Cc4ccc(OC)cc4OC)c23)c(OC)c1. The number of pyridine rings is 3. The molecular weight excluding hydrogens is 518 g/mol. The van der Waals surface area contributed by atoms with Crippen molar-refractivity contribution in [1.82, 2.24) is 15.0 Å². The van der Waals surface area contributed by atoms with Crippen molar-refractivity contribution in [3.63, 3.8) is 0 Å². The first-order valence-electron chi connectivity index (χ1n) is 13.1. The van der Waals surface area contributed by atoms with Crippen LogP contribution in [-0.2, 0) is 12.8 Å². The standard InChI is InChI=1S/C32H33N5O4/c1-18-10-11-35-16-25(18)30-23(12-19-6-8-21(38-2)14-27(19)40-4)29-24(31(33)36-17-26(29)32(34)37-30)13-20-7-9-22(39-3)15-28(20)41-5/h6-11,14-17H,12-13H2,1-5H3,(H2,33,36)(H2,34,37). The van der Waals surface area contributed by atoms with Crippen LogP contribution in [0.3, 0.4) is 0 Å². The fraction of sp³-hybridized carbons (Fsp3) is 0.219. The molecule has 9 nitrogen and oxygen atoms in total. The zero-order valence-corrected chi connectivity index (χ0v) is 23.8. The van der Waals surface area contributed by atoms with Crippen molar-refractivity contribution in [3.8, 4) is 34.3 Å². The van der Waals surface area contributed by atoms with E-state index in [1.165, 1.54) is 0 Å². The van der Waals surface area contributed by atoms with Gasteiger partial charge in [-0.05, 0) is 52.8 Å². The maximum Gasteiger partial charge on any atom is 0.133 e. The molecule has 3 aromatic heterocycles. The third-order valence-electron chi connectivity index (χ3n) is 7.33. The summed E-state index contributed by atoms with van der Waals surface area (Å²) in [6.45, 7) is 2.03. The van der Waals surface area contributed by atoms with Crippen LogP contribution >= 0.6 is 0 Å². The summed E-state index contributed by atoms with van der Waals surface area (Å²) in [4.78, 5) is 13.8. The molecule has 0 spiro atoms. The minimum Gasteiger partial charge on any atom is -0.497 e. The number of aromatic nitrogens is 3. The molecule has 0 fully saturated rings. The number of fused-ring (bicyclic) bond motifs is 1. The van der Waals surface area contributed by atoms with Crippen LogP contribution in [0.2, 0.25) is 0 Å². The summed E-state index contributed by atoms with van der Waals surface area (Å²) in [6, 6.07) is 13.5. The normalized spacial score (nSPS) is 11.0. The maximum absolute atomic E-state index is 6.62. The second kappa shape index (κ2) is 11.6. The van der Waals surface area contributed by atoms with E-state index < -0.39 is 0 Å². The lowest BCUT2D eigenvalue weighted by Crippen LogP contribution is -2.09. The van der Waals surface area contributed by atoms with Crippen molar-refractivity contribution in [1.29, 1.82) is 0 Å². The summed E-state index contributed by atoms with van der Waals surface area (Å²) in [5.41, 5.74) is 19.5. The molecule has 0 unspecified atom stereocenters.